The molecule has 0 spiro atoms. The van der Waals surface area contributed by atoms with E-state index in [4.69, 9.17) is 18.6 Å². The van der Waals surface area contributed by atoms with Crippen LogP contribution in [0, 0.1) is 11.3 Å². The van der Waals surface area contributed by atoms with Crippen LogP contribution in [-0.4, -0.2) is 58.6 Å². The highest BCUT2D eigenvalue weighted by Crippen LogP contribution is 2.28. The highest BCUT2D eigenvalue weighted by molar-refractivity contribution is 5.68. The number of nitrogens with one attached hydrogen (secondary N) is 2. The van der Waals surface area contributed by atoms with E-state index in [-0.39, 0.29) is 5.69 Å². The van der Waals surface area contributed by atoms with Gasteiger partial charge in [0.25, 0.3) is 0 Å². The minimum absolute atomic E-state index is 0.260. The maximum Gasteiger partial charge on any atom is 0.232 e. The molecular weight excluding hydrogens is 372 g/mol. The summed E-state index contributed by atoms with van der Waals surface area (Å²) in [6, 6.07) is 7.67. The Morgan fingerprint density at radius 2 is 2.00 bits per heavy atom. The first-order valence-electron chi connectivity index (χ1n) is 9.69. The molecule has 1 aromatic heterocycles. The highest BCUT2D eigenvalue weighted by atomic mass is 16.5. The molecule has 1 aliphatic heterocycles. The summed E-state index contributed by atoms with van der Waals surface area (Å²) in [7, 11) is 3.19. The molecule has 0 saturated carbocycles. The first-order chi connectivity index (χ1) is 14.2. The van der Waals surface area contributed by atoms with Crippen molar-refractivity contribution < 1.29 is 23.5 Å². The quantitative estimate of drug-likeness (QED) is 0.617. The summed E-state index contributed by atoms with van der Waals surface area (Å²) in [5.41, 5.74) is 1.16. The third-order valence-electron chi connectivity index (χ3n) is 4.77. The molecule has 1 aromatic carbocycles. The monoisotopic (exact) mass is 399 g/mol. The maximum atomic E-state index is 9.32. The predicted octanol–water partition coefficient (Wildman–Crippen LogP) is 1.45. The molecular formula is C21H27N4O4+. The minimum atomic E-state index is 0.260. The number of ether oxygens (including phenoxy) is 3. The van der Waals surface area contributed by atoms with Crippen LogP contribution < -0.4 is 19.7 Å². The highest BCUT2D eigenvalue weighted by Gasteiger charge is 2.14. The van der Waals surface area contributed by atoms with Crippen molar-refractivity contribution in [2.45, 2.75) is 6.42 Å². The molecule has 3 rings (SSSR count). The lowest BCUT2D eigenvalue weighted by molar-refractivity contribution is -0.908. The third kappa shape index (κ3) is 5.73. The van der Waals surface area contributed by atoms with Crippen molar-refractivity contribution in [1.29, 1.82) is 5.26 Å². The number of oxazole rings is 1. The van der Waals surface area contributed by atoms with Gasteiger partial charge in [0.2, 0.25) is 17.5 Å². The zero-order valence-corrected chi connectivity index (χ0v) is 16.9. The van der Waals surface area contributed by atoms with Gasteiger partial charge >= 0.3 is 0 Å². The van der Waals surface area contributed by atoms with Crippen molar-refractivity contribution in [1.82, 2.24) is 4.98 Å². The van der Waals surface area contributed by atoms with E-state index >= 15 is 0 Å². The summed E-state index contributed by atoms with van der Waals surface area (Å²) in [4.78, 5) is 5.78. The van der Waals surface area contributed by atoms with Crippen LogP contribution in [0.1, 0.15) is 23.6 Å². The number of aromatic nitrogens is 1. The van der Waals surface area contributed by atoms with Crippen LogP contribution in [-0.2, 0) is 4.74 Å². The summed E-state index contributed by atoms with van der Waals surface area (Å²) >= 11 is 0. The molecule has 2 heterocycles. The van der Waals surface area contributed by atoms with E-state index in [1.54, 1.807) is 25.2 Å². The Hall–Kier alpha value is -3.02. The number of anilines is 1. The molecule has 8 heteroatoms. The average Bonchev–Trinajstić information content (AvgIpc) is 3.18. The molecule has 0 atom stereocenters. The molecule has 29 heavy (non-hydrogen) atoms. The SMILES string of the molecule is COc1ccc(/C=C/c2nc(C#N)c(NCCC[NH+]3CCOCC3)o2)cc1OC. The Morgan fingerprint density at radius 1 is 1.21 bits per heavy atom. The average molecular weight is 399 g/mol. The van der Waals surface area contributed by atoms with Gasteiger partial charge in [-0.15, -0.1) is 0 Å². The number of hydrogen-bond acceptors (Lipinski definition) is 7. The molecule has 154 valence electrons. The van der Waals surface area contributed by atoms with E-state index in [2.05, 4.69) is 16.4 Å². The topological polar surface area (TPSA) is 94.0 Å². The fourth-order valence-electron chi connectivity index (χ4n) is 3.18. The van der Waals surface area contributed by atoms with E-state index in [0.29, 0.717) is 23.3 Å². The largest absolute Gasteiger partial charge is 0.493 e. The van der Waals surface area contributed by atoms with Gasteiger partial charge in [-0.3, -0.25) is 0 Å². The third-order valence-corrected chi connectivity index (χ3v) is 4.77. The first-order valence-corrected chi connectivity index (χ1v) is 9.69. The van der Waals surface area contributed by atoms with Gasteiger partial charge in [0, 0.05) is 19.0 Å². The van der Waals surface area contributed by atoms with E-state index in [1.165, 1.54) is 0 Å². The molecule has 0 radical (unpaired) electrons. The second-order valence-corrected chi connectivity index (χ2v) is 6.68. The summed E-state index contributed by atoms with van der Waals surface area (Å²) < 4.78 is 21.6. The molecule has 1 aliphatic rings. The summed E-state index contributed by atoms with van der Waals surface area (Å²) in [5, 5.41) is 12.5. The predicted molar refractivity (Wildman–Crippen MR) is 109 cm³/mol. The van der Waals surface area contributed by atoms with Crippen molar-refractivity contribution in [2.24, 2.45) is 0 Å². The molecule has 0 aliphatic carbocycles. The van der Waals surface area contributed by atoms with Crippen LogP contribution in [0.2, 0.25) is 0 Å². The number of morpholine rings is 1. The Bertz CT molecular complexity index is 866. The van der Waals surface area contributed by atoms with Gasteiger partial charge in [0.05, 0.1) is 34.0 Å². The van der Waals surface area contributed by atoms with Crippen LogP contribution in [0.5, 0.6) is 11.5 Å². The molecule has 1 fully saturated rings. The zero-order valence-electron chi connectivity index (χ0n) is 16.9. The lowest BCUT2D eigenvalue weighted by Crippen LogP contribution is -3.14. The molecule has 8 nitrogen and oxygen atoms in total. The van der Waals surface area contributed by atoms with Gasteiger partial charge in [0.1, 0.15) is 19.2 Å². The molecule has 0 bridgehead atoms. The van der Waals surface area contributed by atoms with Gasteiger partial charge in [0.15, 0.2) is 11.5 Å². The van der Waals surface area contributed by atoms with Gasteiger partial charge < -0.3 is 28.8 Å². The summed E-state index contributed by atoms with van der Waals surface area (Å²) in [5.74, 6) is 2.09. The molecule has 1 saturated heterocycles. The fourth-order valence-corrected chi connectivity index (χ4v) is 3.18. The minimum Gasteiger partial charge on any atom is -0.493 e. The van der Waals surface area contributed by atoms with E-state index in [9.17, 15) is 5.26 Å². The standard InChI is InChI=1S/C21H26N4O4/c1-26-18-6-4-16(14-19(18)27-2)5-7-20-24-17(15-22)21(29-20)23-8-3-9-25-10-12-28-13-11-25/h4-7,14,23H,3,8-13H2,1-2H3/p+1/b7-5+. The van der Waals surface area contributed by atoms with Crippen LogP contribution in [0.15, 0.2) is 22.6 Å². The number of hydrogen-bond donors (Lipinski definition) is 2. The Morgan fingerprint density at radius 3 is 2.72 bits per heavy atom. The van der Waals surface area contributed by atoms with Crippen molar-refractivity contribution in [3.05, 3.63) is 35.3 Å². The van der Waals surface area contributed by atoms with Crippen LogP contribution >= 0.6 is 0 Å². The number of nitriles is 1. The normalized spacial score (nSPS) is 14.7. The van der Waals surface area contributed by atoms with Gasteiger partial charge in [-0.25, -0.2) is 0 Å². The fraction of sp³-hybridized carbons (Fsp3) is 0.429. The van der Waals surface area contributed by atoms with Crippen molar-refractivity contribution >= 4 is 18.0 Å². The summed E-state index contributed by atoms with van der Waals surface area (Å²) in [6.07, 6.45) is 4.56. The number of benzene rings is 1. The van der Waals surface area contributed by atoms with E-state index in [1.807, 2.05) is 24.3 Å². The lowest BCUT2D eigenvalue weighted by atomic mass is 10.2. The smallest absolute Gasteiger partial charge is 0.232 e. The van der Waals surface area contributed by atoms with Gasteiger partial charge in [-0.1, -0.05) is 6.07 Å². The second kappa shape index (κ2) is 10.5. The van der Waals surface area contributed by atoms with E-state index < -0.39 is 0 Å². The van der Waals surface area contributed by atoms with Gasteiger partial charge in [-0.05, 0) is 23.8 Å². The lowest BCUT2D eigenvalue weighted by Gasteiger charge is -2.23. The van der Waals surface area contributed by atoms with Crippen molar-refractivity contribution in [2.75, 3.05) is 58.9 Å². The molecule has 2 N–H and O–H groups in total. The Kier molecular flexibility index (Phi) is 7.50. The zero-order chi connectivity index (χ0) is 20.5. The first kappa shape index (κ1) is 20.7. The van der Waals surface area contributed by atoms with Gasteiger partial charge in [-0.2, -0.15) is 10.2 Å². The number of methoxy groups -OCH3 is 2. The maximum absolute atomic E-state index is 9.32. The summed E-state index contributed by atoms with van der Waals surface area (Å²) in [6.45, 7) is 5.57. The van der Waals surface area contributed by atoms with E-state index in [0.717, 1.165) is 51.4 Å². The Labute approximate surface area is 170 Å². The molecule has 0 amide bonds. The van der Waals surface area contributed by atoms with Crippen LogP contribution in [0.4, 0.5) is 5.88 Å². The number of nitrogens with zero attached hydrogens (tertiary/aromatic N) is 2. The van der Waals surface area contributed by atoms with Crippen molar-refractivity contribution in [3.8, 4) is 17.6 Å². The molecule has 2 aromatic rings. The van der Waals surface area contributed by atoms with Crippen LogP contribution in [0.3, 0.4) is 0 Å². The Balaban J connectivity index is 1.57. The number of quaternary nitrogens is 1. The second-order valence-electron chi connectivity index (χ2n) is 6.68. The van der Waals surface area contributed by atoms with Crippen molar-refractivity contribution in [3.63, 3.8) is 0 Å². The van der Waals surface area contributed by atoms with Crippen LogP contribution in [0.25, 0.3) is 12.2 Å². The molecule has 0 unspecified atom stereocenters. The number of rotatable bonds is 9.